The Hall–Kier alpha value is -2.31. The molecule has 0 bridgehead atoms. The lowest BCUT2D eigenvalue weighted by molar-refractivity contribution is -0.113. The van der Waals surface area contributed by atoms with Gasteiger partial charge < -0.3 is 14.1 Å². The van der Waals surface area contributed by atoms with Crippen molar-refractivity contribution in [2.45, 2.75) is 6.92 Å². The van der Waals surface area contributed by atoms with Crippen LogP contribution < -0.4 is 0 Å². The largest absolute Gasteiger partial charge is 0.457 e. The van der Waals surface area contributed by atoms with Gasteiger partial charge in [-0.2, -0.15) is 4.99 Å². The highest BCUT2D eigenvalue weighted by molar-refractivity contribution is 8.18. The molecule has 25 heavy (non-hydrogen) atoms. The summed E-state index contributed by atoms with van der Waals surface area (Å²) in [6.07, 6.45) is 1.77. The molecule has 0 radical (unpaired) electrons. The molecule has 2 aliphatic rings. The van der Waals surface area contributed by atoms with Crippen molar-refractivity contribution in [1.29, 1.82) is 0 Å². The Morgan fingerprint density at radius 2 is 1.88 bits per heavy atom. The van der Waals surface area contributed by atoms with Gasteiger partial charge in [0.25, 0.3) is 5.91 Å². The highest BCUT2D eigenvalue weighted by Gasteiger charge is 2.27. The third-order valence-corrected chi connectivity index (χ3v) is 5.17. The van der Waals surface area contributed by atoms with Crippen LogP contribution in [0.4, 0.5) is 0 Å². The standard InChI is InChI=1S/C19H18N2O3S/c1-13-2-4-14(5-3-13)16-7-6-15(24-16)12-17-18(22)20-19(25-17)21-8-10-23-11-9-21/h2-7,12H,8-11H2,1H3/b17-12+. The normalized spacial score (nSPS) is 19.6. The number of aliphatic imine (C=N–C) groups is 1. The van der Waals surface area contributed by atoms with Gasteiger partial charge >= 0.3 is 0 Å². The van der Waals surface area contributed by atoms with E-state index >= 15 is 0 Å². The number of rotatable bonds is 2. The summed E-state index contributed by atoms with van der Waals surface area (Å²) in [6.45, 7) is 4.93. The second kappa shape index (κ2) is 6.90. The maximum atomic E-state index is 12.2. The average molecular weight is 354 g/mol. The number of furan rings is 1. The average Bonchev–Trinajstić information content (AvgIpc) is 3.24. The first-order valence-corrected chi connectivity index (χ1v) is 9.03. The summed E-state index contributed by atoms with van der Waals surface area (Å²) in [7, 11) is 0. The quantitative estimate of drug-likeness (QED) is 0.772. The summed E-state index contributed by atoms with van der Waals surface area (Å²) in [6, 6.07) is 12.0. The molecular weight excluding hydrogens is 336 g/mol. The first-order chi connectivity index (χ1) is 12.2. The molecule has 0 N–H and O–H groups in total. The molecule has 0 atom stereocenters. The van der Waals surface area contributed by atoms with Crippen LogP contribution in [-0.2, 0) is 9.53 Å². The summed E-state index contributed by atoms with van der Waals surface area (Å²) in [5.41, 5.74) is 2.23. The number of amides is 1. The number of thioether (sulfide) groups is 1. The van der Waals surface area contributed by atoms with Crippen molar-refractivity contribution in [3.05, 3.63) is 52.6 Å². The number of carbonyl (C=O) groups is 1. The molecule has 1 aromatic heterocycles. The van der Waals surface area contributed by atoms with Gasteiger partial charge in [0, 0.05) is 24.7 Å². The van der Waals surface area contributed by atoms with Crippen molar-refractivity contribution in [3.63, 3.8) is 0 Å². The number of benzene rings is 1. The van der Waals surface area contributed by atoms with Gasteiger partial charge in [-0.3, -0.25) is 4.79 Å². The molecule has 1 amide bonds. The minimum Gasteiger partial charge on any atom is -0.457 e. The number of morpholine rings is 1. The highest BCUT2D eigenvalue weighted by Crippen LogP contribution is 2.32. The van der Waals surface area contributed by atoms with E-state index in [1.54, 1.807) is 6.08 Å². The number of hydrogen-bond acceptors (Lipinski definition) is 5. The molecule has 0 unspecified atom stereocenters. The molecular formula is C19H18N2O3S. The molecule has 4 rings (SSSR count). The topological polar surface area (TPSA) is 55.0 Å². The van der Waals surface area contributed by atoms with Crippen LogP contribution in [0.25, 0.3) is 17.4 Å². The lowest BCUT2D eigenvalue weighted by atomic mass is 10.1. The fourth-order valence-corrected chi connectivity index (χ4v) is 3.67. The van der Waals surface area contributed by atoms with Crippen molar-refractivity contribution in [2.24, 2.45) is 4.99 Å². The number of nitrogens with zero attached hydrogens (tertiary/aromatic N) is 2. The van der Waals surface area contributed by atoms with E-state index in [9.17, 15) is 4.79 Å². The van der Waals surface area contributed by atoms with Crippen molar-refractivity contribution in [2.75, 3.05) is 26.3 Å². The third-order valence-electron chi connectivity index (χ3n) is 4.13. The molecule has 2 aromatic rings. The van der Waals surface area contributed by atoms with Crippen molar-refractivity contribution < 1.29 is 13.9 Å². The van der Waals surface area contributed by atoms with Crippen LogP contribution in [-0.4, -0.2) is 42.3 Å². The van der Waals surface area contributed by atoms with Gasteiger partial charge in [-0.1, -0.05) is 29.8 Å². The van der Waals surface area contributed by atoms with Crippen molar-refractivity contribution in [1.82, 2.24) is 4.90 Å². The Bertz CT molecular complexity index is 846. The smallest absolute Gasteiger partial charge is 0.286 e. The maximum absolute atomic E-state index is 12.2. The molecule has 1 aromatic carbocycles. The number of carbonyl (C=O) groups excluding carboxylic acids is 1. The van der Waals surface area contributed by atoms with E-state index in [0.29, 0.717) is 23.9 Å². The molecule has 2 aliphatic heterocycles. The zero-order valence-corrected chi connectivity index (χ0v) is 14.7. The summed E-state index contributed by atoms with van der Waals surface area (Å²) < 4.78 is 11.2. The molecule has 0 aliphatic carbocycles. The Morgan fingerprint density at radius 1 is 1.12 bits per heavy atom. The van der Waals surface area contributed by atoms with E-state index in [2.05, 4.69) is 28.9 Å². The lowest BCUT2D eigenvalue weighted by Crippen LogP contribution is -2.38. The monoisotopic (exact) mass is 354 g/mol. The predicted molar refractivity (Wildman–Crippen MR) is 99.3 cm³/mol. The molecule has 1 saturated heterocycles. The van der Waals surface area contributed by atoms with Crippen LogP contribution in [0.1, 0.15) is 11.3 Å². The summed E-state index contributed by atoms with van der Waals surface area (Å²) in [5, 5.41) is 0.755. The number of hydrogen-bond donors (Lipinski definition) is 0. The third kappa shape index (κ3) is 3.55. The van der Waals surface area contributed by atoms with Gasteiger partial charge in [0.15, 0.2) is 5.17 Å². The zero-order chi connectivity index (χ0) is 17.2. The lowest BCUT2D eigenvalue weighted by Gasteiger charge is -2.27. The van der Waals surface area contributed by atoms with Crippen molar-refractivity contribution >= 4 is 28.9 Å². The first-order valence-electron chi connectivity index (χ1n) is 8.21. The van der Waals surface area contributed by atoms with E-state index in [1.807, 2.05) is 24.3 Å². The van der Waals surface area contributed by atoms with E-state index in [4.69, 9.17) is 9.15 Å². The Labute approximate surface area is 150 Å². The van der Waals surface area contributed by atoms with Gasteiger partial charge in [0.1, 0.15) is 11.5 Å². The maximum Gasteiger partial charge on any atom is 0.286 e. The van der Waals surface area contributed by atoms with Crippen LogP contribution in [0.3, 0.4) is 0 Å². The van der Waals surface area contributed by atoms with E-state index in [-0.39, 0.29) is 5.91 Å². The van der Waals surface area contributed by atoms with E-state index < -0.39 is 0 Å². The number of amidine groups is 1. The summed E-state index contributed by atoms with van der Waals surface area (Å²) in [4.78, 5) is 19.0. The van der Waals surface area contributed by atoms with Crippen molar-refractivity contribution in [3.8, 4) is 11.3 Å². The van der Waals surface area contributed by atoms with E-state index in [0.717, 1.165) is 29.6 Å². The Balaban J connectivity index is 1.50. The molecule has 128 valence electrons. The predicted octanol–water partition coefficient (Wildman–Crippen LogP) is 3.56. The SMILES string of the molecule is Cc1ccc(-c2ccc(/C=C3/SC(N4CCOCC4)=NC3=O)o2)cc1. The van der Waals surface area contributed by atoms with Crippen LogP contribution in [0.15, 0.2) is 50.7 Å². The molecule has 1 fully saturated rings. The number of ether oxygens (including phenoxy) is 1. The van der Waals surface area contributed by atoms with Crippen LogP contribution in [0.2, 0.25) is 0 Å². The van der Waals surface area contributed by atoms with Gasteiger partial charge in [-0.25, -0.2) is 0 Å². The minimum absolute atomic E-state index is 0.209. The first kappa shape index (κ1) is 16.2. The summed E-state index contributed by atoms with van der Waals surface area (Å²) in [5.74, 6) is 1.24. The van der Waals surface area contributed by atoms with Gasteiger partial charge in [-0.15, -0.1) is 0 Å². The van der Waals surface area contributed by atoms with Crippen LogP contribution in [0.5, 0.6) is 0 Å². The summed E-state index contributed by atoms with van der Waals surface area (Å²) >= 11 is 1.40. The van der Waals surface area contributed by atoms with Gasteiger partial charge in [-0.05, 0) is 30.8 Å². The van der Waals surface area contributed by atoms with Crippen LogP contribution in [0, 0.1) is 6.92 Å². The fourth-order valence-electron chi connectivity index (χ4n) is 2.72. The van der Waals surface area contributed by atoms with Crippen LogP contribution >= 0.6 is 11.8 Å². The Morgan fingerprint density at radius 3 is 2.64 bits per heavy atom. The molecule has 6 heteroatoms. The molecule has 0 spiro atoms. The zero-order valence-electron chi connectivity index (χ0n) is 13.9. The molecule has 5 nitrogen and oxygen atoms in total. The van der Waals surface area contributed by atoms with Gasteiger partial charge in [0.2, 0.25) is 0 Å². The second-order valence-electron chi connectivity index (χ2n) is 5.98. The second-order valence-corrected chi connectivity index (χ2v) is 6.99. The molecule has 0 saturated carbocycles. The number of aryl methyl sites for hydroxylation is 1. The van der Waals surface area contributed by atoms with E-state index in [1.165, 1.54) is 17.3 Å². The molecule has 3 heterocycles. The minimum atomic E-state index is -0.209. The Kier molecular flexibility index (Phi) is 4.46. The van der Waals surface area contributed by atoms with Gasteiger partial charge in [0.05, 0.1) is 18.1 Å². The highest BCUT2D eigenvalue weighted by atomic mass is 32.2. The fraction of sp³-hybridized carbons (Fsp3) is 0.263.